The van der Waals surface area contributed by atoms with Crippen LogP contribution in [0.3, 0.4) is 0 Å². The molecule has 1 rings (SSSR count). The molecule has 0 radical (unpaired) electrons. The molecule has 2 nitrogen and oxygen atoms in total. The van der Waals surface area contributed by atoms with Crippen LogP contribution < -0.4 is 0 Å². The summed E-state index contributed by atoms with van der Waals surface area (Å²) in [5, 5.41) is 0. The minimum Gasteiger partial charge on any atom is -0.347 e. The molecule has 0 spiro atoms. The second kappa shape index (κ2) is 4.75. The predicted molar refractivity (Wildman–Crippen MR) is 69.8 cm³/mol. The summed E-state index contributed by atoms with van der Waals surface area (Å²) in [4.78, 5) is 0. The Kier molecular flexibility index (Phi) is 4.00. The highest BCUT2D eigenvalue weighted by atomic mass is 28.3. The van der Waals surface area contributed by atoms with Gasteiger partial charge in [-0.05, 0) is 32.4 Å². The van der Waals surface area contributed by atoms with E-state index in [4.69, 9.17) is 9.47 Å². The fraction of sp³-hybridized carbons (Fsp3) is 0.692. The highest BCUT2D eigenvalue weighted by Crippen LogP contribution is 2.26. The van der Waals surface area contributed by atoms with Crippen LogP contribution in [0.15, 0.2) is 11.6 Å². The maximum atomic E-state index is 5.75. The molecule has 90 valence electrons. The van der Waals surface area contributed by atoms with Crippen molar-refractivity contribution in [2.45, 2.75) is 52.3 Å². The van der Waals surface area contributed by atoms with Crippen LogP contribution in [-0.4, -0.2) is 26.6 Å². The molecule has 0 aliphatic carbocycles. The molecule has 1 fully saturated rings. The van der Waals surface area contributed by atoms with Gasteiger partial charge in [-0.25, -0.2) is 0 Å². The van der Waals surface area contributed by atoms with E-state index < -0.39 is 13.9 Å². The second-order valence-electron chi connectivity index (χ2n) is 5.73. The van der Waals surface area contributed by atoms with Crippen molar-refractivity contribution in [3.8, 4) is 11.5 Å². The fourth-order valence-electron chi connectivity index (χ4n) is 1.37. The molecule has 0 N–H and O–H groups in total. The third-order valence-electron chi connectivity index (χ3n) is 2.26. The zero-order chi connectivity index (χ0) is 12.4. The number of rotatable bonds is 1. The Balaban J connectivity index is 2.61. The van der Waals surface area contributed by atoms with Crippen molar-refractivity contribution < 1.29 is 9.47 Å². The molecule has 0 bridgehead atoms. The van der Waals surface area contributed by atoms with Crippen molar-refractivity contribution in [1.29, 1.82) is 0 Å². The van der Waals surface area contributed by atoms with Crippen LogP contribution in [0.5, 0.6) is 0 Å². The summed E-state index contributed by atoms with van der Waals surface area (Å²) in [6, 6.07) is 0. The molecule has 0 aromatic carbocycles. The van der Waals surface area contributed by atoms with Crippen LogP contribution in [0.2, 0.25) is 19.6 Å². The summed E-state index contributed by atoms with van der Waals surface area (Å²) >= 11 is 0. The lowest BCUT2D eigenvalue weighted by molar-refractivity contribution is -0.134. The Bertz CT molecular complexity index is 339. The SMILES string of the molecule is C/C(=C\C#C[Si](C)(C)C)[C@H]1COC(C)(C)O1. The molecular weight excluding hydrogens is 216 g/mol. The van der Waals surface area contributed by atoms with E-state index in [1.807, 2.05) is 26.8 Å². The number of allylic oxidation sites excluding steroid dienone is 1. The molecule has 1 aliphatic rings. The van der Waals surface area contributed by atoms with Gasteiger partial charge in [0.25, 0.3) is 0 Å². The average molecular weight is 238 g/mol. The van der Waals surface area contributed by atoms with E-state index >= 15 is 0 Å². The first-order chi connectivity index (χ1) is 7.20. The van der Waals surface area contributed by atoms with E-state index in [2.05, 4.69) is 31.1 Å². The lowest BCUT2D eigenvalue weighted by atomic mass is 10.2. The molecule has 0 saturated carbocycles. The van der Waals surface area contributed by atoms with Gasteiger partial charge >= 0.3 is 0 Å². The summed E-state index contributed by atoms with van der Waals surface area (Å²) in [7, 11) is -1.27. The third kappa shape index (κ3) is 4.52. The van der Waals surface area contributed by atoms with Crippen molar-refractivity contribution >= 4 is 8.07 Å². The fourth-order valence-corrected chi connectivity index (χ4v) is 1.88. The molecule has 0 aromatic heterocycles. The third-order valence-corrected chi connectivity index (χ3v) is 3.16. The Morgan fingerprint density at radius 3 is 2.44 bits per heavy atom. The first kappa shape index (κ1) is 13.5. The van der Waals surface area contributed by atoms with Crippen LogP contribution in [0.1, 0.15) is 20.8 Å². The van der Waals surface area contributed by atoms with Gasteiger partial charge in [0.15, 0.2) is 5.79 Å². The largest absolute Gasteiger partial charge is 0.347 e. The Morgan fingerprint density at radius 1 is 1.38 bits per heavy atom. The molecule has 1 heterocycles. The Labute approximate surface area is 100 Å². The molecular formula is C13H22O2Si. The minimum absolute atomic E-state index is 0.0611. The van der Waals surface area contributed by atoms with Gasteiger partial charge in [-0.2, -0.15) is 0 Å². The molecule has 1 aliphatic heterocycles. The zero-order valence-electron chi connectivity index (χ0n) is 11.2. The van der Waals surface area contributed by atoms with Gasteiger partial charge in [-0.1, -0.05) is 25.6 Å². The first-order valence-electron chi connectivity index (χ1n) is 5.71. The number of hydrogen-bond acceptors (Lipinski definition) is 2. The van der Waals surface area contributed by atoms with E-state index in [0.29, 0.717) is 6.61 Å². The van der Waals surface area contributed by atoms with E-state index in [0.717, 1.165) is 5.57 Å². The topological polar surface area (TPSA) is 18.5 Å². The van der Waals surface area contributed by atoms with E-state index in [1.165, 1.54) is 0 Å². The summed E-state index contributed by atoms with van der Waals surface area (Å²) < 4.78 is 11.3. The second-order valence-corrected chi connectivity index (χ2v) is 10.5. The molecule has 16 heavy (non-hydrogen) atoms. The standard InChI is InChI=1S/C13H22O2Si/c1-11(8-7-9-16(4,5)6)12-10-14-13(2,3)15-12/h8,12H,10H2,1-6H3/b11-8+/t12-/m1/s1. The van der Waals surface area contributed by atoms with Crippen LogP contribution in [0.25, 0.3) is 0 Å². The maximum Gasteiger partial charge on any atom is 0.163 e. The summed E-state index contributed by atoms with van der Waals surface area (Å²) in [5.74, 6) is 2.69. The van der Waals surface area contributed by atoms with Crippen LogP contribution in [0.4, 0.5) is 0 Å². The lowest BCUT2D eigenvalue weighted by Crippen LogP contribution is -2.21. The molecule has 3 heteroatoms. The average Bonchev–Trinajstić information content (AvgIpc) is 2.43. The van der Waals surface area contributed by atoms with Gasteiger partial charge < -0.3 is 9.47 Å². The van der Waals surface area contributed by atoms with Crippen LogP contribution in [0, 0.1) is 11.5 Å². The van der Waals surface area contributed by atoms with Gasteiger partial charge in [0, 0.05) is 0 Å². The van der Waals surface area contributed by atoms with Gasteiger partial charge in [0.1, 0.15) is 14.2 Å². The van der Waals surface area contributed by atoms with Gasteiger partial charge in [-0.3, -0.25) is 0 Å². The van der Waals surface area contributed by atoms with Crippen LogP contribution >= 0.6 is 0 Å². The normalized spacial score (nSPS) is 25.1. The highest BCUT2D eigenvalue weighted by Gasteiger charge is 2.33. The summed E-state index contributed by atoms with van der Waals surface area (Å²) in [5.41, 5.74) is 4.46. The zero-order valence-corrected chi connectivity index (χ0v) is 12.2. The Morgan fingerprint density at radius 2 is 2.00 bits per heavy atom. The first-order valence-corrected chi connectivity index (χ1v) is 9.21. The molecule has 0 amide bonds. The van der Waals surface area contributed by atoms with Crippen molar-refractivity contribution in [2.24, 2.45) is 0 Å². The monoisotopic (exact) mass is 238 g/mol. The van der Waals surface area contributed by atoms with E-state index in [9.17, 15) is 0 Å². The van der Waals surface area contributed by atoms with Crippen molar-refractivity contribution in [3.05, 3.63) is 11.6 Å². The molecule has 0 aromatic rings. The molecule has 0 unspecified atom stereocenters. The Hall–Kier alpha value is -0.563. The number of hydrogen-bond donors (Lipinski definition) is 0. The summed E-state index contributed by atoms with van der Waals surface area (Å²) in [6.45, 7) is 13.3. The smallest absolute Gasteiger partial charge is 0.163 e. The van der Waals surface area contributed by atoms with Crippen LogP contribution in [-0.2, 0) is 9.47 Å². The maximum absolute atomic E-state index is 5.75. The van der Waals surface area contributed by atoms with Crippen molar-refractivity contribution in [2.75, 3.05) is 6.61 Å². The van der Waals surface area contributed by atoms with Crippen molar-refractivity contribution in [1.82, 2.24) is 0 Å². The predicted octanol–water partition coefficient (Wildman–Crippen LogP) is 2.97. The van der Waals surface area contributed by atoms with Crippen molar-refractivity contribution in [3.63, 3.8) is 0 Å². The van der Waals surface area contributed by atoms with Gasteiger partial charge in [-0.15, -0.1) is 5.54 Å². The summed E-state index contributed by atoms with van der Waals surface area (Å²) in [6.07, 6.45) is 2.03. The molecule has 1 saturated heterocycles. The quantitative estimate of drug-likeness (QED) is 0.516. The molecule has 1 atom stereocenters. The minimum atomic E-state index is -1.27. The van der Waals surface area contributed by atoms with Gasteiger partial charge in [0.05, 0.1) is 6.61 Å². The van der Waals surface area contributed by atoms with Gasteiger partial charge in [0.2, 0.25) is 0 Å². The number of ether oxygens (including phenoxy) is 2. The lowest BCUT2D eigenvalue weighted by Gasteiger charge is -2.17. The highest BCUT2D eigenvalue weighted by molar-refractivity contribution is 6.83. The van der Waals surface area contributed by atoms with E-state index in [1.54, 1.807) is 0 Å². The van der Waals surface area contributed by atoms with E-state index in [-0.39, 0.29) is 6.10 Å².